The van der Waals surface area contributed by atoms with E-state index in [2.05, 4.69) is 4.98 Å². The third kappa shape index (κ3) is 1.59. The van der Waals surface area contributed by atoms with E-state index in [4.69, 9.17) is 5.26 Å². The molecule has 0 fully saturated rings. The second kappa shape index (κ2) is 3.39. The number of nitrogens with zero attached hydrogens (tertiary/aromatic N) is 2. The Labute approximate surface area is 70.4 Å². The van der Waals surface area contributed by atoms with Gasteiger partial charge in [0.15, 0.2) is 5.82 Å². The minimum absolute atomic E-state index is 0.389. The van der Waals surface area contributed by atoms with Crippen molar-refractivity contribution in [3.63, 3.8) is 0 Å². The first kappa shape index (κ1) is 9.45. The van der Waals surface area contributed by atoms with E-state index in [1.165, 1.54) is 0 Å². The van der Waals surface area contributed by atoms with E-state index in [-0.39, 0.29) is 0 Å². The molecule has 0 saturated carbocycles. The minimum Gasteiger partial charge on any atom is -0.225 e. The molecule has 0 radical (unpaired) electrons. The lowest BCUT2D eigenvalue weighted by Gasteiger charge is -2.02. The Morgan fingerprint density at radius 3 is 2.38 bits per heavy atom. The van der Waals surface area contributed by atoms with E-state index in [0.717, 1.165) is 6.07 Å². The summed E-state index contributed by atoms with van der Waals surface area (Å²) in [5.41, 5.74) is -2.29. The molecule has 68 valence electrons. The summed E-state index contributed by atoms with van der Waals surface area (Å²) in [5, 5.41) is 8.25. The Hall–Kier alpha value is -1.64. The molecule has 2 nitrogen and oxygen atoms in total. The van der Waals surface area contributed by atoms with Gasteiger partial charge in [0.25, 0.3) is 6.43 Å². The van der Waals surface area contributed by atoms with E-state index in [1.807, 2.05) is 0 Å². The molecule has 1 heterocycles. The van der Waals surface area contributed by atoms with Crippen molar-refractivity contribution in [2.75, 3.05) is 0 Å². The van der Waals surface area contributed by atoms with Crippen LogP contribution in [-0.2, 0) is 0 Å². The molecule has 0 amide bonds. The van der Waals surface area contributed by atoms with Crippen molar-refractivity contribution in [2.45, 2.75) is 6.43 Å². The summed E-state index contributed by atoms with van der Waals surface area (Å²) in [6.45, 7) is 0. The Morgan fingerprint density at radius 2 is 2.00 bits per heavy atom. The van der Waals surface area contributed by atoms with Crippen LogP contribution in [0.5, 0.6) is 0 Å². The Kier molecular flexibility index (Phi) is 2.46. The predicted octanol–water partition coefficient (Wildman–Crippen LogP) is 2.17. The summed E-state index contributed by atoms with van der Waals surface area (Å²) in [6, 6.07) is 1.15. The minimum atomic E-state index is -3.25. The Morgan fingerprint density at radius 1 is 1.38 bits per heavy atom. The van der Waals surface area contributed by atoms with Gasteiger partial charge in [-0.05, 0) is 0 Å². The van der Waals surface area contributed by atoms with Crippen LogP contribution in [0.25, 0.3) is 0 Å². The van der Waals surface area contributed by atoms with Gasteiger partial charge >= 0.3 is 0 Å². The van der Waals surface area contributed by atoms with E-state index in [9.17, 15) is 17.6 Å². The molecule has 0 spiro atoms. The highest BCUT2D eigenvalue weighted by molar-refractivity contribution is 5.37. The first-order chi connectivity index (χ1) is 6.07. The summed E-state index contributed by atoms with van der Waals surface area (Å²) >= 11 is 0. The van der Waals surface area contributed by atoms with Crippen LogP contribution in [0.2, 0.25) is 0 Å². The normalized spacial score (nSPS) is 10.2. The van der Waals surface area contributed by atoms with Crippen molar-refractivity contribution >= 4 is 0 Å². The van der Waals surface area contributed by atoms with E-state index < -0.39 is 29.3 Å². The number of rotatable bonds is 1. The number of hydrogen-bond donors (Lipinski definition) is 0. The number of pyridine rings is 1. The molecule has 0 aliphatic heterocycles. The van der Waals surface area contributed by atoms with Crippen LogP contribution in [0.4, 0.5) is 17.6 Å². The van der Waals surface area contributed by atoms with Gasteiger partial charge in [-0.15, -0.1) is 0 Å². The predicted molar refractivity (Wildman–Crippen MR) is 33.8 cm³/mol. The molecule has 6 heteroatoms. The molecular formula is C7H2F4N2. The van der Waals surface area contributed by atoms with Crippen LogP contribution in [-0.4, -0.2) is 4.98 Å². The molecule has 1 aromatic rings. The molecule has 1 rings (SSSR count). The van der Waals surface area contributed by atoms with E-state index >= 15 is 0 Å². The SMILES string of the molecule is N#Cc1c(F)cnc(F)c1C(F)F. The number of alkyl halides is 2. The molecule has 0 unspecified atom stereocenters. The molecule has 1 aromatic heterocycles. The van der Waals surface area contributed by atoms with Gasteiger partial charge in [0, 0.05) is 0 Å². The molecule has 0 saturated heterocycles. The van der Waals surface area contributed by atoms with Gasteiger partial charge in [-0.25, -0.2) is 18.2 Å². The van der Waals surface area contributed by atoms with Gasteiger partial charge < -0.3 is 0 Å². The zero-order chi connectivity index (χ0) is 10.0. The van der Waals surface area contributed by atoms with E-state index in [0.29, 0.717) is 6.20 Å². The van der Waals surface area contributed by atoms with Crippen molar-refractivity contribution in [3.05, 3.63) is 29.1 Å². The molecule has 13 heavy (non-hydrogen) atoms. The first-order valence-electron chi connectivity index (χ1n) is 3.10. The van der Waals surface area contributed by atoms with Crippen molar-refractivity contribution in [3.8, 4) is 6.07 Å². The van der Waals surface area contributed by atoms with Gasteiger partial charge in [-0.3, -0.25) is 0 Å². The highest BCUT2D eigenvalue weighted by Crippen LogP contribution is 2.25. The van der Waals surface area contributed by atoms with Crippen LogP contribution in [0.3, 0.4) is 0 Å². The van der Waals surface area contributed by atoms with Gasteiger partial charge in [0.05, 0.1) is 11.8 Å². The maximum Gasteiger partial charge on any atom is 0.269 e. The van der Waals surface area contributed by atoms with Crippen molar-refractivity contribution < 1.29 is 17.6 Å². The van der Waals surface area contributed by atoms with E-state index in [1.54, 1.807) is 0 Å². The quantitative estimate of drug-likeness (QED) is 0.502. The molecular weight excluding hydrogens is 188 g/mol. The Bertz CT molecular complexity index is 369. The van der Waals surface area contributed by atoms with Crippen LogP contribution in [0.1, 0.15) is 17.6 Å². The van der Waals surface area contributed by atoms with Crippen LogP contribution >= 0.6 is 0 Å². The maximum absolute atomic E-state index is 12.6. The summed E-state index contributed by atoms with van der Waals surface area (Å²) in [6.07, 6.45) is -2.86. The highest BCUT2D eigenvalue weighted by atomic mass is 19.3. The first-order valence-corrected chi connectivity index (χ1v) is 3.10. The summed E-state index contributed by atoms with van der Waals surface area (Å²) in [4.78, 5) is 2.74. The van der Waals surface area contributed by atoms with Gasteiger partial charge in [-0.2, -0.15) is 9.65 Å². The summed E-state index contributed by atoms with van der Waals surface area (Å²) in [5.74, 6) is -2.77. The Balaban J connectivity index is 3.46. The van der Waals surface area contributed by atoms with Gasteiger partial charge in [0.1, 0.15) is 11.6 Å². The fourth-order valence-corrected chi connectivity index (χ4v) is 0.792. The summed E-state index contributed by atoms with van der Waals surface area (Å²) in [7, 11) is 0. The highest BCUT2D eigenvalue weighted by Gasteiger charge is 2.22. The fraction of sp³-hybridized carbons (Fsp3) is 0.143. The maximum atomic E-state index is 12.6. The second-order valence-corrected chi connectivity index (χ2v) is 2.10. The molecule has 0 N–H and O–H groups in total. The number of halogens is 4. The standard InChI is InChI=1S/C7H2F4N2/c8-4-2-13-7(11)5(6(9)10)3(4)1-12/h2,6H. The smallest absolute Gasteiger partial charge is 0.225 e. The van der Waals surface area contributed by atoms with Crippen molar-refractivity contribution in [1.29, 1.82) is 5.26 Å². The molecule has 0 bridgehead atoms. The average Bonchev–Trinajstić information content (AvgIpc) is 2.07. The van der Waals surface area contributed by atoms with Gasteiger partial charge in [-0.1, -0.05) is 0 Å². The number of aromatic nitrogens is 1. The lowest BCUT2D eigenvalue weighted by molar-refractivity contribution is 0.144. The summed E-state index contributed by atoms with van der Waals surface area (Å²) < 4.78 is 49.3. The monoisotopic (exact) mass is 190 g/mol. The van der Waals surface area contributed by atoms with Crippen molar-refractivity contribution in [1.82, 2.24) is 4.98 Å². The molecule has 0 aliphatic rings. The second-order valence-electron chi connectivity index (χ2n) is 2.10. The van der Waals surface area contributed by atoms with Crippen LogP contribution in [0.15, 0.2) is 6.20 Å². The fourth-order valence-electron chi connectivity index (χ4n) is 0.792. The molecule has 0 aromatic carbocycles. The van der Waals surface area contributed by atoms with Crippen molar-refractivity contribution in [2.24, 2.45) is 0 Å². The number of hydrogen-bond acceptors (Lipinski definition) is 2. The number of nitriles is 1. The lowest BCUT2D eigenvalue weighted by Crippen LogP contribution is -2.01. The molecule has 0 atom stereocenters. The average molecular weight is 190 g/mol. The zero-order valence-corrected chi connectivity index (χ0v) is 6.06. The lowest BCUT2D eigenvalue weighted by atomic mass is 10.1. The van der Waals surface area contributed by atoms with Crippen LogP contribution < -0.4 is 0 Å². The van der Waals surface area contributed by atoms with Gasteiger partial charge in [0.2, 0.25) is 5.95 Å². The topological polar surface area (TPSA) is 36.7 Å². The third-order valence-electron chi connectivity index (χ3n) is 1.35. The molecule has 0 aliphatic carbocycles. The zero-order valence-electron chi connectivity index (χ0n) is 6.06. The third-order valence-corrected chi connectivity index (χ3v) is 1.35. The van der Waals surface area contributed by atoms with Crippen LogP contribution in [0, 0.1) is 23.1 Å². The largest absolute Gasteiger partial charge is 0.269 e.